The highest BCUT2D eigenvalue weighted by Crippen LogP contribution is 2.46. The summed E-state index contributed by atoms with van der Waals surface area (Å²) in [6.45, 7) is 8.84. The van der Waals surface area contributed by atoms with Gasteiger partial charge in [-0.25, -0.2) is 0 Å². The third kappa shape index (κ3) is 6.47. The molecule has 18 heavy (non-hydrogen) atoms. The molecule has 0 aromatic heterocycles. The molecule has 0 rings (SSSR count). The van der Waals surface area contributed by atoms with Crippen LogP contribution in [-0.2, 0) is 0 Å². The van der Waals surface area contributed by atoms with Crippen LogP contribution in [0.25, 0.3) is 0 Å². The van der Waals surface area contributed by atoms with Crippen LogP contribution in [0, 0.1) is 11.8 Å². The molecule has 0 saturated carbocycles. The van der Waals surface area contributed by atoms with E-state index in [1.54, 1.807) is 0 Å². The Morgan fingerprint density at radius 2 is 1.00 bits per heavy atom. The molecule has 112 valence electrons. The van der Waals surface area contributed by atoms with Crippen LogP contribution in [0.4, 0.5) is 26.3 Å². The first-order chi connectivity index (χ1) is 7.65. The zero-order valence-corrected chi connectivity index (χ0v) is 11.1. The summed E-state index contributed by atoms with van der Waals surface area (Å²) in [5.41, 5.74) is -4.60. The molecule has 0 saturated heterocycles. The van der Waals surface area contributed by atoms with Crippen molar-refractivity contribution in [3.63, 3.8) is 0 Å². The first-order valence-corrected chi connectivity index (χ1v) is 5.51. The third-order valence-corrected chi connectivity index (χ3v) is 1.64. The standard InChI is InChI=1S/C7H10F6O.C4H10/c1-4(2)3-5(14,6(8,9)10)7(11,12)13;1-4(2)3/h4,14H,3H2,1-2H3;4H,1-3H3. The van der Waals surface area contributed by atoms with Gasteiger partial charge in [-0.1, -0.05) is 34.6 Å². The van der Waals surface area contributed by atoms with Gasteiger partial charge in [-0.3, -0.25) is 0 Å². The van der Waals surface area contributed by atoms with Crippen LogP contribution >= 0.6 is 0 Å². The van der Waals surface area contributed by atoms with E-state index in [4.69, 9.17) is 5.11 Å². The van der Waals surface area contributed by atoms with E-state index in [0.717, 1.165) is 5.92 Å². The lowest BCUT2D eigenvalue weighted by Crippen LogP contribution is -2.57. The number of halogens is 6. The Morgan fingerprint density at radius 3 is 1.06 bits per heavy atom. The summed E-state index contributed by atoms with van der Waals surface area (Å²) in [6, 6.07) is 0. The largest absolute Gasteiger partial charge is 0.426 e. The summed E-state index contributed by atoms with van der Waals surface area (Å²) in [7, 11) is 0. The molecule has 0 unspecified atom stereocenters. The minimum atomic E-state index is -5.70. The van der Waals surface area contributed by atoms with Crippen LogP contribution in [0.15, 0.2) is 0 Å². The maximum atomic E-state index is 12.0. The molecule has 1 nitrogen and oxygen atoms in total. The second kappa shape index (κ2) is 6.63. The Hall–Kier alpha value is -0.460. The van der Waals surface area contributed by atoms with Gasteiger partial charge in [0.2, 0.25) is 0 Å². The Kier molecular flexibility index (Phi) is 7.32. The molecule has 7 heteroatoms. The SMILES string of the molecule is CC(C)C.CC(C)CC(O)(C(F)(F)F)C(F)(F)F. The van der Waals surface area contributed by atoms with Crippen molar-refractivity contribution in [3.8, 4) is 0 Å². The van der Waals surface area contributed by atoms with Crippen LogP contribution in [0.5, 0.6) is 0 Å². The van der Waals surface area contributed by atoms with Gasteiger partial charge in [0.25, 0.3) is 5.60 Å². The Labute approximate surface area is 103 Å². The summed E-state index contributed by atoms with van der Waals surface area (Å²) >= 11 is 0. The zero-order valence-electron chi connectivity index (χ0n) is 11.1. The smallest absolute Gasteiger partial charge is 0.374 e. The fraction of sp³-hybridized carbons (Fsp3) is 1.00. The van der Waals surface area contributed by atoms with Crippen molar-refractivity contribution in [1.82, 2.24) is 0 Å². The topological polar surface area (TPSA) is 20.2 Å². The molecule has 0 bridgehead atoms. The van der Waals surface area contributed by atoms with E-state index in [-0.39, 0.29) is 0 Å². The first kappa shape index (κ1) is 19.9. The molecule has 0 radical (unpaired) electrons. The van der Waals surface area contributed by atoms with E-state index in [1.165, 1.54) is 13.8 Å². The zero-order chi connectivity index (χ0) is 15.4. The highest BCUT2D eigenvalue weighted by molar-refractivity contribution is 4.94. The summed E-state index contributed by atoms with van der Waals surface area (Å²) < 4.78 is 71.9. The minimum absolute atomic E-state index is 0.833. The molecule has 0 aromatic carbocycles. The fourth-order valence-electron chi connectivity index (χ4n) is 0.983. The maximum Gasteiger partial charge on any atom is 0.426 e. The second-order valence-corrected chi connectivity index (χ2v) is 5.19. The number of rotatable bonds is 2. The van der Waals surface area contributed by atoms with Crippen molar-refractivity contribution in [1.29, 1.82) is 0 Å². The molecule has 0 aliphatic carbocycles. The number of hydrogen-bond donors (Lipinski definition) is 1. The molecule has 0 fully saturated rings. The van der Waals surface area contributed by atoms with Crippen molar-refractivity contribution < 1.29 is 31.4 Å². The quantitative estimate of drug-likeness (QED) is 0.737. The monoisotopic (exact) mass is 282 g/mol. The van der Waals surface area contributed by atoms with Crippen LogP contribution < -0.4 is 0 Å². The second-order valence-electron chi connectivity index (χ2n) is 5.19. The summed E-state index contributed by atoms with van der Waals surface area (Å²) in [4.78, 5) is 0. The van der Waals surface area contributed by atoms with Crippen molar-refractivity contribution >= 4 is 0 Å². The van der Waals surface area contributed by atoms with E-state index >= 15 is 0 Å². The number of aliphatic hydroxyl groups is 1. The van der Waals surface area contributed by atoms with E-state index in [2.05, 4.69) is 20.8 Å². The predicted octanol–water partition coefficient (Wildman–Crippen LogP) is 4.55. The third-order valence-electron chi connectivity index (χ3n) is 1.64. The molecule has 1 N–H and O–H groups in total. The summed E-state index contributed by atoms with van der Waals surface area (Å²) in [5, 5.41) is 8.60. The molecule has 0 spiro atoms. The summed E-state index contributed by atoms with van der Waals surface area (Å²) in [5.74, 6) is -0.0803. The average molecular weight is 282 g/mol. The van der Waals surface area contributed by atoms with Crippen LogP contribution in [0.3, 0.4) is 0 Å². The molecule has 0 amide bonds. The molecular weight excluding hydrogens is 262 g/mol. The van der Waals surface area contributed by atoms with E-state index < -0.39 is 30.3 Å². The van der Waals surface area contributed by atoms with Gasteiger partial charge in [0.15, 0.2) is 0 Å². The van der Waals surface area contributed by atoms with Crippen molar-refractivity contribution in [2.75, 3.05) is 0 Å². The first-order valence-electron chi connectivity index (χ1n) is 5.51. The van der Waals surface area contributed by atoms with Gasteiger partial charge in [0.1, 0.15) is 0 Å². The molecule has 0 heterocycles. The molecule has 0 aromatic rings. The van der Waals surface area contributed by atoms with E-state index in [1.807, 2.05) is 0 Å². The number of hydrogen-bond acceptors (Lipinski definition) is 1. The van der Waals surface area contributed by atoms with Gasteiger partial charge in [0, 0.05) is 0 Å². The lowest BCUT2D eigenvalue weighted by Gasteiger charge is -2.33. The lowest BCUT2D eigenvalue weighted by molar-refractivity contribution is -0.372. The van der Waals surface area contributed by atoms with Crippen molar-refractivity contribution in [2.24, 2.45) is 11.8 Å². The molecular formula is C11H20F6O. The number of alkyl halides is 6. The highest BCUT2D eigenvalue weighted by Gasteiger charge is 2.69. The van der Waals surface area contributed by atoms with Crippen LogP contribution in [0.2, 0.25) is 0 Å². The van der Waals surface area contributed by atoms with Crippen LogP contribution in [-0.4, -0.2) is 23.1 Å². The molecule has 0 aliphatic heterocycles. The highest BCUT2D eigenvalue weighted by atomic mass is 19.4. The normalized spacial score (nSPS) is 13.7. The van der Waals surface area contributed by atoms with Gasteiger partial charge in [-0.05, 0) is 18.3 Å². The lowest BCUT2D eigenvalue weighted by atomic mass is 9.91. The minimum Gasteiger partial charge on any atom is -0.374 e. The summed E-state index contributed by atoms with van der Waals surface area (Å²) in [6.07, 6.45) is -12.8. The van der Waals surface area contributed by atoms with Crippen molar-refractivity contribution in [3.05, 3.63) is 0 Å². The Balaban J connectivity index is 0. The van der Waals surface area contributed by atoms with E-state index in [0.29, 0.717) is 0 Å². The molecule has 0 atom stereocenters. The van der Waals surface area contributed by atoms with E-state index in [9.17, 15) is 26.3 Å². The van der Waals surface area contributed by atoms with Crippen molar-refractivity contribution in [2.45, 2.75) is 59.0 Å². The van der Waals surface area contributed by atoms with Crippen LogP contribution in [0.1, 0.15) is 41.0 Å². The van der Waals surface area contributed by atoms with Gasteiger partial charge >= 0.3 is 12.4 Å². The van der Waals surface area contributed by atoms with Gasteiger partial charge < -0.3 is 5.11 Å². The molecule has 0 aliphatic rings. The van der Waals surface area contributed by atoms with Gasteiger partial charge in [-0.2, -0.15) is 26.3 Å². The Bertz CT molecular complexity index is 212. The van der Waals surface area contributed by atoms with Gasteiger partial charge in [0.05, 0.1) is 0 Å². The average Bonchev–Trinajstić information content (AvgIpc) is 1.96. The Morgan fingerprint density at radius 1 is 0.778 bits per heavy atom. The fourth-order valence-corrected chi connectivity index (χ4v) is 0.983. The van der Waals surface area contributed by atoms with Gasteiger partial charge in [-0.15, -0.1) is 0 Å². The predicted molar refractivity (Wildman–Crippen MR) is 57.0 cm³/mol. The maximum absolute atomic E-state index is 12.0.